The van der Waals surface area contributed by atoms with Crippen LogP contribution in [-0.2, 0) is 33.9 Å². The Morgan fingerprint density at radius 2 is 1.58 bits per heavy atom. The van der Waals surface area contributed by atoms with Gasteiger partial charge < -0.3 is 9.47 Å². The van der Waals surface area contributed by atoms with Gasteiger partial charge in [-0.25, -0.2) is 8.42 Å². The topological polar surface area (TPSA) is 107 Å². The molecular weight excluding hydrogens is 506 g/mol. The molecule has 2 saturated carbocycles. The van der Waals surface area contributed by atoms with Crippen molar-refractivity contribution in [3.8, 4) is 0 Å². The van der Waals surface area contributed by atoms with Crippen molar-refractivity contribution in [2.24, 2.45) is 23.2 Å². The quantitative estimate of drug-likeness (QED) is 0.399. The van der Waals surface area contributed by atoms with Crippen molar-refractivity contribution < 1.29 is 32.3 Å². The van der Waals surface area contributed by atoms with E-state index in [9.17, 15) is 22.8 Å². The standard InChI is InChI=1S/C29H35NO7S/c1-5-36-27(32)29(28(33)37-6-2)14-21-23-16-30(38(34,35)19-12-10-17(3)11-13-19)15-22(23)18(4)26(31)20-8-7-9-24(29)25(20)21/h10-13,20,24-25H,5-9,14-16H2,1-4H3/t20-,24+,25+/m1/s1. The molecule has 0 amide bonds. The van der Waals surface area contributed by atoms with E-state index in [4.69, 9.17) is 9.47 Å². The highest BCUT2D eigenvalue weighted by Gasteiger charge is 2.66. The predicted molar refractivity (Wildman–Crippen MR) is 139 cm³/mol. The van der Waals surface area contributed by atoms with Gasteiger partial charge in [0.25, 0.3) is 0 Å². The van der Waals surface area contributed by atoms with Crippen LogP contribution < -0.4 is 0 Å². The monoisotopic (exact) mass is 541 g/mol. The molecule has 0 spiro atoms. The van der Waals surface area contributed by atoms with Crippen molar-refractivity contribution in [2.45, 2.75) is 58.3 Å². The second-order valence-electron chi connectivity index (χ2n) is 10.8. The van der Waals surface area contributed by atoms with Crippen LogP contribution >= 0.6 is 0 Å². The van der Waals surface area contributed by atoms with E-state index in [2.05, 4.69) is 0 Å². The third-order valence-electron chi connectivity index (χ3n) is 8.92. The molecule has 4 aliphatic rings. The SMILES string of the molecule is CCOC(=O)C1(C(=O)OCC)CC2=C3CN(S(=O)(=O)c4ccc(C)cc4)CC3=C(C)C(=O)[C@@H]3CCC[C@H]1[C@H]23. The Hall–Kier alpha value is -2.78. The minimum Gasteiger partial charge on any atom is -0.465 e. The van der Waals surface area contributed by atoms with Gasteiger partial charge in [-0.15, -0.1) is 0 Å². The minimum absolute atomic E-state index is 0.0136. The van der Waals surface area contributed by atoms with E-state index in [0.29, 0.717) is 24.0 Å². The number of ketones is 1. The van der Waals surface area contributed by atoms with E-state index >= 15 is 0 Å². The largest absolute Gasteiger partial charge is 0.465 e. The fourth-order valence-electron chi connectivity index (χ4n) is 7.13. The Bertz CT molecular complexity index is 1340. The molecule has 1 aromatic carbocycles. The van der Waals surface area contributed by atoms with Crippen LogP contribution in [-0.4, -0.2) is 56.7 Å². The lowest BCUT2D eigenvalue weighted by molar-refractivity contribution is -0.177. The average molecular weight is 542 g/mol. The van der Waals surface area contributed by atoms with Crippen molar-refractivity contribution in [3.05, 3.63) is 52.1 Å². The Morgan fingerprint density at radius 3 is 2.18 bits per heavy atom. The molecule has 9 heteroatoms. The molecule has 1 aliphatic heterocycles. The molecule has 0 radical (unpaired) electrons. The van der Waals surface area contributed by atoms with E-state index in [1.54, 1.807) is 45.0 Å². The highest BCUT2D eigenvalue weighted by molar-refractivity contribution is 7.89. The first-order valence-electron chi connectivity index (χ1n) is 13.4. The number of hydrogen-bond donors (Lipinski definition) is 0. The first kappa shape index (κ1) is 26.8. The fraction of sp³-hybridized carbons (Fsp3) is 0.552. The van der Waals surface area contributed by atoms with Gasteiger partial charge in [-0.2, -0.15) is 4.31 Å². The number of carbonyl (C=O) groups excluding carboxylic acids is 3. The number of ether oxygens (including phenoxy) is 2. The maximum Gasteiger partial charge on any atom is 0.324 e. The van der Waals surface area contributed by atoms with Gasteiger partial charge in [0.05, 0.1) is 18.1 Å². The van der Waals surface area contributed by atoms with Crippen LogP contribution in [0.5, 0.6) is 0 Å². The van der Waals surface area contributed by atoms with Gasteiger partial charge in [-0.1, -0.05) is 29.7 Å². The summed E-state index contributed by atoms with van der Waals surface area (Å²) in [5.74, 6) is -2.33. The molecule has 0 bridgehead atoms. The van der Waals surface area contributed by atoms with Crippen LogP contribution in [0.1, 0.15) is 52.0 Å². The molecule has 3 aliphatic carbocycles. The van der Waals surface area contributed by atoms with Gasteiger partial charge in [0.15, 0.2) is 11.2 Å². The summed E-state index contributed by atoms with van der Waals surface area (Å²) in [7, 11) is -3.82. The van der Waals surface area contributed by atoms with Crippen LogP contribution in [0, 0.1) is 30.1 Å². The number of benzene rings is 1. The molecule has 5 rings (SSSR count). The summed E-state index contributed by atoms with van der Waals surface area (Å²) in [6, 6.07) is 6.72. The van der Waals surface area contributed by atoms with Crippen LogP contribution in [0.25, 0.3) is 0 Å². The van der Waals surface area contributed by atoms with Crippen molar-refractivity contribution in [2.75, 3.05) is 26.3 Å². The van der Waals surface area contributed by atoms with Crippen LogP contribution in [0.4, 0.5) is 0 Å². The van der Waals surface area contributed by atoms with Gasteiger partial charge in [0.1, 0.15) is 0 Å². The normalized spacial score (nSPS) is 26.6. The third-order valence-corrected chi connectivity index (χ3v) is 10.7. The zero-order valence-electron chi connectivity index (χ0n) is 22.4. The summed E-state index contributed by atoms with van der Waals surface area (Å²) in [4.78, 5) is 41.1. The molecule has 8 nitrogen and oxygen atoms in total. The molecule has 1 saturated heterocycles. The highest BCUT2D eigenvalue weighted by Crippen LogP contribution is 2.62. The number of allylic oxidation sites excluding steroid dienone is 2. The summed E-state index contributed by atoms with van der Waals surface area (Å²) < 4.78 is 39.6. The molecule has 3 atom stereocenters. The minimum atomic E-state index is -3.82. The number of sulfonamides is 1. The van der Waals surface area contributed by atoms with Crippen molar-refractivity contribution in [1.82, 2.24) is 4.31 Å². The smallest absolute Gasteiger partial charge is 0.324 e. The first-order chi connectivity index (χ1) is 18.1. The number of esters is 2. The van der Waals surface area contributed by atoms with Gasteiger partial charge in [0.2, 0.25) is 10.0 Å². The van der Waals surface area contributed by atoms with Crippen LogP contribution in [0.3, 0.4) is 0 Å². The Morgan fingerprint density at radius 1 is 0.974 bits per heavy atom. The molecule has 38 heavy (non-hydrogen) atoms. The zero-order chi connectivity index (χ0) is 27.4. The maximum atomic E-state index is 13.8. The number of Topliss-reactive ketones (excluding diaryl/α,β-unsaturated/α-hetero) is 1. The lowest BCUT2D eigenvalue weighted by atomic mass is 9.64. The molecule has 3 fully saturated rings. The van der Waals surface area contributed by atoms with Crippen molar-refractivity contribution in [1.29, 1.82) is 0 Å². The van der Waals surface area contributed by atoms with E-state index in [-0.39, 0.29) is 55.2 Å². The number of aryl methyl sites for hydroxylation is 1. The number of fused-ring (bicyclic) bond motifs is 1. The maximum absolute atomic E-state index is 13.8. The summed E-state index contributed by atoms with van der Waals surface area (Å²) in [5, 5.41) is 0. The molecule has 0 N–H and O–H groups in total. The second-order valence-corrected chi connectivity index (χ2v) is 12.8. The lowest BCUT2D eigenvalue weighted by Gasteiger charge is -2.38. The molecule has 0 aromatic heterocycles. The lowest BCUT2D eigenvalue weighted by Crippen LogP contribution is -2.48. The predicted octanol–water partition coefficient (Wildman–Crippen LogP) is 3.74. The average Bonchev–Trinajstić information content (AvgIpc) is 3.47. The summed E-state index contributed by atoms with van der Waals surface area (Å²) in [6.07, 6.45) is 2.09. The number of carbonyl (C=O) groups is 3. The number of rotatable bonds is 6. The Labute approximate surface area is 224 Å². The van der Waals surface area contributed by atoms with E-state index in [1.807, 2.05) is 6.92 Å². The number of hydrogen-bond acceptors (Lipinski definition) is 7. The van der Waals surface area contributed by atoms with E-state index < -0.39 is 33.3 Å². The van der Waals surface area contributed by atoms with Gasteiger partial charge in [-0.3, -0.25) is 14.4 Å². The van der Waals surface area contributed by atoms with Crippen molar-refractivity contribution in [3.63, 3.8) is 0 Å². The van der Waals surface area contributed by atoms with Crippen LogP contribution in [0.2, 0.25) is 0 Å². The molecular formula is C29H35NO7S. The van der Waals surface area contributed by atoms with E-state index in [0.717, 1.165) is 23.1 Å². The summed E-state index contributed by atoms with van der Waals surface area (Å²) in [5.41, 5.74) is 2.35. The molecule has 1 heterocycles. The van der Waals surface area contributed by atoms with Crippen LogP contribution in [0.15, 0.2) is 51.5 Å². The highest BCUT2D eigenvalue weighted by atomic mass is 32.2. The fourth-order valence-corrected chi connectivity index (χ4v) is 8.51. The first-order valence-corrected chi connectivity index (χ1v) is 14.9. The van der Waals surface area contributed by atoms with E-state index in [1.165, 1.54) is 4.31 Å². The second kappa shape index (κ2) is 9.75. The molecule has 1 aromatic rings. The van der Waals surface area contributed by atoms with Gasteiger partial charge >= 0.3 is 11.9 Å². The summed E-state index contributed by atoms with van der Waals surface area (Å²) >= 11 is 0. The van der Waals surface area contributed by atoms with Gasteiger partial charge in [-0.05, 0) is 87.6 Å². The van der Waals surface area contributed by atoms with Crippen molar-refractivity contribution >= 4 is 27.7 Å². The third kappa shape index (κ3) is 3.88. The zero-order valence-corrected chi connectivity index (χ0v) is 23.2. The molecule has 204 valence electrons. The number of nitrogens with zero attached hydrogens (tertiary/aromatic N) is 1. The summed E-state index contributed by atoms with van der Waals surface area (Å²) in [6.45, 7) is 7.52. The Balaban J connectivity index is 1.66. The molecule has 0 unspecified atom stereocenters. The van der Waals surface area contributed by atoms with Gasteiger partial charge in [0, 0.05) is 19.0 Å². The Kier molecular flexibility index (Phi) is 6.88.